The molecule has 1 fully saturated rings. The fourth-order valence-corrected chi connectivity index (χ4v) is 4.37. The standard InChI is InChI=1S/C26H28N6O/c1-2-20-9-6-7-12-22(20)29-26(33)31-17-15-30(16-18-31)19-24-28-23-13-8-14-27-25(23)32(24)21-10-4-3-5-11-21/h3-14H,2,15-19H2,1H3,(H,29,33). The molecule has 3 heterocycles. The van der Waals surface area contributed by atoms with E-state index in [-0.39, 0.29) is 6.03 Å². The molecule has 168 valence electrons. The first kappa shape index (κ1) is 21.2. The number of aromatic nitrogens is 3. The minimum Gasteiger partial charge on any atom is -0.322 e. The number of piperazine rings is 1. The summed E-state index contributed by atoms with van der Waals surface area (Å²) in [4.78, 5) is 26.5. The summed E-state index contributed by atoms with van der Waals surface area (Å²) in [5.74, 6) is 0.963. The lowest BCUT2D eigenvalue weighted by Gasteiger charge is -2.34. The molecule has 4 aromatic rings. The molecule has 1 N–H and O–H groups in total. The van der Waals surface area contributed by atoms with Gasteiger partial charge in [0.05, 0.1) is 6.54 Å². The third-order valence-electron chi connectivity index (χ3n) is 6.16. The zero-order valence-corrected chi connectivity index (χ0v) is 18.8. The van der Waals surface area contributed by atoms with Crippen molar-refractivity contribution in [1.82, 2.24) is 24.3 Å². The van der Waals surface area contributed by atoms with Gasteiger partial charge >= 0.3 is 6.03 Å². The van der Waals surface area contributed by atoms with E-state index in [1.165, 1.54) is 0 Å². The molecular weight excluding hydrogens is 412 g/mol. The molecule has 0 saturated carbocycles. The number of benzene rings is 2. The number of anilines is 1. The maximum atomic E-state index is 12.8. The molecule has 0 radical (unpaired) electrons. The molecule has 7 nitrogen and oxygen atoms in total. The van der Waals surface area contributed by atoms with Crippen LogP contribution in [0.15, 0.2) is 72.9 Å². The van der Waals surface area contributed by atoms with Crippen LogP contribution < -0.4 is 5.32 Å². The molecule has 7 heteroatoms. The molecule has 1 saturated heterocycles. The average molecular weight is 441 g/mol. The number of nitrogens with one attached hydrogen (secondary N) is 1. The number of urea groups is 1. The summed E-state index contributed by atoms with van der Waals surface area (Å²) in [6.45, 7) is 5.78. The summed E-state index contributed by atoms with van der Waals surface area (Å²) in [5.41, 5.74) is 4.87. The highest BCUT2D eigenvalue weighted by molar-refractivity contribution is 5.90. The molecule has 0 bridgehead atoms. The summed E-state index contributed by atoms with van der Waals surface area (Å²) in [6, 6.07) is 22.1. The van der Waals surface area contributed by atoms with Crippen molar-refractivity contribution < 1.29 is 4.79 Å². The number of rotatable bonds is 5. The Kier molecular flexibility index (Phi) is 6.04. The van der Waals surface area contributed by atoms with Crippen LogP contribution in [-0.2, 0) is 13.0 Å². The van der Waals surface area contributed by atoms with Gasteiger partial charge in [-0.1, -0.05) is 43.3 Å². The van der Waals surface area contributed by atoms with Crippen LogP contribution in [0.4, 0.5) is 10.5 Å². The van der Waals surface area contributed by atoms with Crippen molar-refractivity contribution in [1.29, 1.82) is 0 Å². The van der Waals surface area contributed by atoms with Crippen LogP contribution in [0, 0.1) is 0 Å². The van der Waals surface area contributed by atoms with Crippen molar-refractivity contribution >= 4 is 22.9 Å². The topological polar surface area (TPSA) is 66.3 Å². The van der Waals surface area contributed by atoms with Crippen LogP contribution >= 0.6 is 0 Å². The van der Waals surface area contributed by atoms with Gasteiger partial charge in [-0.3, -0.25) is 9.47 Å². The molecule has 0 spiro atoms. The molecule has 1 aliphatic rings. The number of pyridine rings is 1. The van der Waals surface area contributed by atoms with E-state index in [0.29, 0.717) is 19.6 Å². The number of aryl methyl sites for hydroxylation is 1. The lowest BCUT2D eigenvalue weighted by atomic mass is 10.1. The van der Waals surface area contributed by atoms with E-state index in [4.69, 9.17) is 4.98 Å². The maximum absolute atomic E-state index is 12.8. The van der Waals surface area contributed by atoms with Crippen molar-refractivity contribution in [3.8, 4) is 5.69 Å². The second kappa shape index (κ2) is 9.42. The van der Waals surface area contributed by atoms with Gasteiger partial charge in [-0.15, -0.1) is 0 Å². The Hall–Kier alpha value is -3.71. The Labute approximate surface area is 193 Å². The van der Waals surface area contributed by atoms with Crippen LogP contribution in [0.2, 0.25) is 0 Å². The summed E-state index contributed by atoms with van der Waals surface area (Å²) in [5, 5.41) is 3.09. The van der Waals surface area contributed by atoms with Gasteiger partial charge < -0.3 is 10.2 Å². The Balaban J connectivity index is 1.28. The fourth-order valence-electron chi connectivity index (χ4n) is 4.37. The van der Waals surface area contributed by atoms with Gasteiger partial charge in [0.2, 0.25) is 0 Å². The fraction of sp³-hybridized carbons (Fsp3) is 0.269. The highest BCUT2D eigenvalue weighted by Gasteiger charge is 2.24. The van der Waals surface area contributed by atoms with E-state index in [9.17, 15) is 4.79 Å². The van der Waals surface area contributed by atoms with Crippen LogP contribution in [0.1, 0.15) is 18.3 Å². The summed E-state index contributed by atoms with van der Waals surface area (Å²) in [7, 11) is 0. The van der Waals surface area contributed by atoms with Crippen molar-refractivity contribution in [3.05, 3.63) is 84.3 Å². The summed E-state index contributed by atoms with van der Waals surface area (Å²) in [6.07, 6.45) is 2.70. The van der Waals surface area contributed by atoms with Crippen LogP contribution in [0.25, 0.3) is 16.9 Å². The van der Waals surface area contributed by atoms with E-state index in [0.717, 1.165) is 53.4 Å². The Morgan fingerprint density at radius 2 is 1.70 bits per heavy atom. The second-order valence-electron chi connectivity index (χ2n) is 8.25. The highest BCUT2D eigenvalue weighted by Crippen LogP contribution is 2.22. The highest BCUT2D eigenvalue weighted by atomic mass is 16.2. The second-order valence-corrected chi connectivity index (χ2v) is 8.25. The van der Waals surface area contributed by atoms with Crippen LogP contribution in [0.3, 0.4) is 0 Å². The Morgan fingerprint density at radius 3 is 2.48 bits per heavy atom. The predicted octanol–water partition coefficient (Wildman–Crippen LogP) is 4.33. The lowest BCUT2D eigenvalue weighted by molar-refractivity contribution is 0.140. The zero-order chi connectivity index (χ0) is 22.6. The maximum Gasteiger partial charge on any atom is 0.321 e. The number of hydrogen-bond acceptors (Lipinski definition) is 4. The minimum atomic E-state index is -0.0312. The largest absolute Gasteiger partial charge is 0.322 e. The van der Waals surface area contributed by atoms with E-state index in [2.05, 4.69) is 44.9 Å². The lowest BCUT2D eigenvalue weighted by Crippen LogP contribution is -2.49. The number of nitrogens with zero attached hydrogens (tertiary/aromatic N) is 5. The minimum absolute atomic E-state index is 0.0312. The van der Waals surface area contributed by atoms with Gasteiger partial charge in [-0.25, -0.2) is 14.8 Å². The molecular formula is C26H28N6O. The monoisotopic (exact) mass is 440 g/mol. The first-order chi connectivity index (χ1) is 16.2. The predicted molar refractivity (Wildman–Crippen MR) is 131 cm³/mol. The van der Waals surface area contributed by atoms with E-state index >= 15 is 0 Å². The van der Waals surface area contributed by atoms with Gasteiger partial charge in [-0.05, 0) is 42.3 Å². The van der Waals surface area contributed by atoms with Crippen LogP contribution in [-0.4, -0.2) is 56.5 Å². The van der Waals surface area contributed by atoms with E-state index < -0.39 is 0 Å². The molecule has 0 atom stereocenters. The SMILES string of the molecule is CCc1ccccc1NC(=O)N1CCN(Cc2nc3cccnc3n2-c2ccccc2)CC1. The first-order valence-corrected chi connectivity index (χ1v) is 11.5. The van der Waals surface area contributed by atoms with Crippen molar-refractivity contribution in [2.24, 2.45) is 0 Å². The van der Waals surface area contributed by atoms with E-state index in [1.54, 1.807) is 6.20 Å². The van der Waals surface area contributed by atoms with Gasteiger partial charge in [0.15, 0.2) is 5.65 Å². The summed E-state index contributed by atoms with van der Waals surface area (Å²) >= 11 is 0. The molecule has 2 aromatic carbocycles. The number of para-hydroxylation sites is 2. The van der Waals surface area contributed by atoms with Gasteiger partial charge in [0.1, 0.15) is 11.3 Å². The smallest absolute Gasteiger partial charge is 0.321 e. The van der Waals surface area contributed by atoms with Crippen molar-refractivity contribution in [2.75, 3.05) is 31.5 Å². The van der Waals surface area contributed by atoms with E-state index in [1.807, 2.05) is 53.4 Å². The molecule has 1 aliphatic heterocycles. The number of carbonyl (C=O) groups excluding carboxylic acids is 1. The number of imidazole rings is 1. The number of hydrogen-bond donors (Lipinski definition) is 1. The Bertz CT molecular complexity index is 1240. The Morgan fingerprint density at radius 1 is 0.939 bits per heavy atom. The molecule has 0 aliphatic carbocycles. The van der Waals surface area contributed by atoms with Crippen LogP contribution in [0.5, 0.6) is 0 Å². The van der Waals surface area contributed by atoms with Gasteiger partial charge in [0, 0.05) is 43.8 Å². The van der Waals surface area contributed by atoms with Gasteiger partial charge in [-0.2, -0.15) is 0 Å². The molecule has 2 aromatic heterocycles. The molecule has 5 rings (SSSR count). The van der Waals surface area contributed by atoms with Crippen molar-refractivity contribution in [2.45, 2.75) is 19.9 Å². The number of amides is 2. The molecule has 33 heavy (non-hydrogen) atoms. The summed E-state index contributed by atoms with van der Waals surface area (Å²) < 4.78 is 2.14. The normalized spacial score (nSPS) is 14.5. The molecule has 2 amide bonds. The molecule has 0 unspecified atom stereocenters. The first-order valence-electron chi connectivity index (χ1n) is 11.5. The zero-order valence-electron chi connectivity index (χ0n) is 18.8. The number of carbonyl (C=O) groups is 1. The van der Waals surface area contributed by atoms with Crippen molar-refractivity contribution in [3.63, 3.8) is 0 Å². The third-order valence-corrected chi connectivity index (χ3v) is 6.16. The third kappa shape index (κ3) is 4.45. The quantitative estimate of drug-likeness (QED) is 0.502. The van der Waals surface area contributed by atoms with Gasteiger partial charge in [0.25, 0.3) is 0 Å². The average Bonchev–Trinajstić information content (AvgIpc) is 3.23. The number of fused-ring (bicyclic) bond motifs is 1.